The minimum atomic E-state index is -3.62. The molecular formula is C6H5ClN2O2S2. The zero-order valence-corrected chi connectivity index (χ0v) is 8.66. The van der Waals surface area contributed by atoms with Gasteiger partial charge in [0.05, 0.1) is 22.7 Å². The molecule has 0 spiro atoms. The van der Waals surface area contributed by atoms with E-state index in [0.29, 0.717) is 0 Å². The van der Waals surface area contributed by atoms with Crippen LogP contribution in [0, 0.1) is 0 Å². The third-order valence-electron chi connectivity index (χ3n) is 1.56. The summed E-state index contributed by atoms with van der Waals surface area (Å²) in [5.41, 5.74) is 0.770. The van der Waals surface area contributed by atoms with E-state index in [2.05, 4.69) is 4.72 Å². The van der Waals surface area contributed by atoms with Gasteiger partial charge in [0.1, 0.15) is 0 Å². The Morgan fingerprint density at radius 3 is 3.00 bits per heavy atom. The van der Waals surface area contributed by atoms with Crippen LogP contribution in [0.25, 0.3) is 0 Å². The maximum atomic E-state index is 10.9. The number of hydrogen-bond donors (Lipinski definition) is 1. The molecule has 0 aliphatic carbocycles. The fraction of sp³-hybridized carbons (Fsp3) is 0. The van der Waals surface area contributed by atoms with Gasteiger partial charge in [-0.2, -0.15) is 0 Å². The minimum Gasteiger partial charge on any atom is -0.316 e. The van der Waals surface area contributed by atoms with E-state index >= 15 is 0 Å². The minimum absolute atomic E-state index is 0.112. The maximum Gasteiger partial charge on any atom is 0.261 e. The van der Waals surface area contributed by atoms with Gasteiger partial charge in [-0.1, -0.05) is 0 Å². The van der Waals surface area contributed by atoms with Crippen LogP contribution in [0.1, 0.15) is 0 Å². The normalized spacial score (nSPS) is 20.5. The Kier molecular flexibility index (Phi) is 2.05. The molecule has 0 bridgehead atoms. The second kappa shape index (κ2) is 2.97. The van der Waals surface area contributed by atoms with Crippen LogP contribution in [-0.4, -0.2) is 12.7 Å². The van der Waals surface area contributed by atoms with Crippen molar-refractivity contribution in [1.29, 1.82) is 0 Å². The Bertz CT molecular complexity index is 424. The van der Waals surface area contributed by atoms with E-state index in [0.717, 1.165) is 5.70 Å². The lowest BCUT2D eigenvalue weighted by molar-refractivity contribution is 0.615. The summed E-state index contributed by atoms with van der Waals surface area (Å²) in [5.74, 6) is 0. The smallest absolute Gasteiger partial charge is 0.261 e. The van der Waals surface area contributed by atoms with E-state index in [1.54, 1.807) is 16.7 Å². The van der Waals surface area contributed by atoms with Crippen molar-refractivity contribution < 1.29 is 8.42 Å². The summed E-state index contributed by atoms with van der Waals surface area (Å²) < 4.78 is 26.6. The molecule has 70 valence electrons. The molecule has 2 heterocycles. The van der Waals surface area contributed by atoms with Crippen LogP contribution in [0.2, 0.25) is 0 Å². The highest BCUT2D eigenvalue weighted by atomic mass is 35.7. The van der Waals surface area contributed by atoms with E-state index in [4.69, 9.17) is 10.7 Å². The van der Waals surface area contributed by atoms with Crippen molar-refractivity contribution in [2.75, 3.05) is 0 Å². The molecule has 4 nitrogen and oxygen atoms in total. The number of nitrogens with one attached hydrogen (secondary N) is 1. The molecule has 0 saturated heterocycles. The van der Waals surface area contributed by atoms with Crippen molar-refractivity contribution in [1.82, 2.24) is 9.03 Å². The molecule has 1 N–H and O–H groups in total. The molecule has 0 atom stereocenters. The van der Waals surface area contributed by atoms with Gasteiger partial charge in [-0.15, -0.1) is 0 Å². The van der Waals surface area contributed by atoms with Crippen LogP contribution in [0.15, 0.2) is 35.2 Å². The van der Waals surface area contributed by atoms with Gasteiger partial charge in [-0.3, -0.25) is 4.31 Å². The van der Waals surface area contributed by atoms with E-state index in [9.17, 15) is 8.42 Å². The highest BCUT2D eigenvalue weighted by Crippen LogP contribution is 2.29. The SMILES string of the molecule is O=S(=O)(Cl)C1=CC2=CNSN2C=C1. The second-order valence-electron chi connectivity index (χ2n) is 2.40. The molecule has 0 fully saturated rings. The monoisotopic (exact) mass is 236 g/mol. The second-order valence-corrected chi connectivity index (χ2v) is 5.78. The summed E-state index contributed by atoms with van der Waals surface area (Å²) in [5, 5.41) is 0. The summed E-state index contributed by atoms with van der Waals surface area (Å²) in [6, 6.07) is 0. The third-order valence-corrected chi connectivity index (χ3v) is 3.66. The Labute approximate surface area is 84.6 Å². The predicted molar refractivity (Wildman–Crippen MR) is 52.6 cm³/mol. The molecule has 0 saturated carbocycles. The highest BCUT2D eigenvalue weighted by Gasteiger charge is 2.21. The third kappa shape index (κ3) is 1.70. The maximum absolute atomic E-state index is 10.9. The average molecular weight is 237 g/mol. The van der Waals surface area contributed by atoms with Gasteiger partial charge in [0, 0.05) is 23.1 Å². The van der Waals surface area contributed by atoms with Gasteiger partial charge >= 0.3 is 0 Å². The Morgan fingerprint density at radius 1 is 1.54 bits per heavy atom. The summed E-state index contributed by atoms with van der Waals surface area (Å²) in [6.07, 6.45) is 6.32. The van der Waals surface area contributed by atoms with Crippen molar-refractivity contribution in [2.24, 2.45) is 0 Å². The molecule has 0 aromatic heterocycles. The molecule has 2 rings (SSSR count). The summed E-state index contributed by atoms with van der Waals surface area (Å²) >= 11 is 1.36. The van der Waals surface area contributed by atoms with Gasteiger partial charge in [0.2, 0.25) is 0 Å². The van der Waals surface area contributed by atoms with E-state index in [-0.39, 0.29) is 4.91 Å². The molecule has 0 aromatic carbocycles. The lowest BCUT2D eigenvalue weighted by atomic mass is 10.3. The number of hydrogen-bond acceptors (Lipinski definition) is 5. The van der Waals surface area contributed by atoms with Gasteiger partial charge in [-0.05, 0) is 12.2 Å². The summed E-state index contributed by atoms with van der Waals surface area (Å²) in [6.45, 7) is 0. The molecule has 2 aliphatic heterocycles. The first-order chi connectivity index (χ1) is 6.07. The number of halogens is 1. The number of allylic oxidation sites excluding steroid dienone is 2. The van der Waals surface area contributed by atoms with Crippen LogP contribution in [-0.2, 0) is 9.05 Å². The van der Waals surface area contributed by atoms with Crippen LogP contribution >= 0.6 is 22.8 Å². The Morgan fingerprint density at radius 2 is 2.31 bits per heavy atom. The van der Waals surface area contributed by atoms with Gasteiger partial charge in [-0.25, -0.2) is 8.42 Å². The van der Waals surface area contributed by atoms with E-state index < -0.39 is 9.05 Å². The first-order valence-corrected chi connectivity index (χ1v) is 6.42. The van der Waals surface area contributed by atoms with Gasteiger partial charge in [0.25, 0.3) is 9.05 Å². The van der Waals surface area contributed by atoms with Gasteiger partial charge < -0.3 is 4.72 Å². The largest absolute Gasteiger partial charge is 0.316 e. The van der Waals surface area contributed by atoms with Crippen LogP contribution < -0.4 is 4.72 Å². The fourth-order valence-electron chi connectivity index (χ4n) is 0.968. The van der Waals surface area contributed by atoms with E-state index in [1.165, 1.54) is 24.3 Å². The number of nitrogens with zero attached hydrogens (tertiary/aromatic N) is 1. The molecule has 0 amide bonds. The predicted octanol–water partition coefficient (Wildman–Crippen LogP) is 1.28. The van der Waals surface area contributed by atoms with Crippen molar-refractivity contribution in [3.05, 3.63) is 35.2 Å². The number of fused-ring (bicyclic) bond motifs is 1. The van der Waals surface area contributed by atoms with Crippen LogP contribution in [0.3, 0.4) is 0 Å². The molecule has 0 aromatic rings. The van der Waals surface area contributed by atoms with Crippen molar-refractivity contribution in [3.63, 3.8) is 0 Å². The molecular weight excluding hydrogens is 232 g/mol. The fourth-order valence-corrected chi connectivity index (χ4v) is 2.36. The first-order valence-electron chi connectivity index (χ1n) is 3.34. The average Bonchev–Trinajstić information content (AvgIpc) is 2.47. The summed E-state index contributed by atoms with van der Waals surface area (Å²) in [7, 11) is 1.56. The standard InChI is InChI=1S/C6H5ClN2O2S2/c7-13(10,11)6-1-2-9-5(3-6)4-8-12-9/h1-4,8H. The van der Waals surface area contributed by atoms with Crippen LogP contribution in [0.4, 0.5) is 0 Å². The summed E-state index contributed by atoms with van der Waals surface area (Å²) in [4.78, 5) is 0.112. The van der Waals surface area contributed by atoms with Crippen LogP contribution in [0.5, 0.6) is 0 Å². The highest BCUT2D eigenvalue weighted by molar-refractivity contribution is 8.17. The molecule has 2 aliphatic rings. The quantitative estimate of drug-likeness (QED) is 0.549. The van der Waals surface area contributed by atoms with Crippen molar-refractivity contribution in [2.45, 2.75) is 0 Å². The lowest BCUT2D eigenvalue weighted by Crippen LogP contribution is -2.08. The zero-order chi connectivity index (χ0) is 9.47. The molecule has 0 unspecified atom stereocenters. The van der Waals surface area contributed by atoms with Gasteiger partial charge in [0.15, 0.2) is 0 Å². The topological polar surface area (TPSA) is 49.4 Å². The number of rotatable bonds is 1. The Hall–Kier alpha value is -0.590. The molecule has 0 radical (unpaired) electrons. The van der Waals surface area contributed by atoms with E-state index in [1.807, 2.05) is 0 Å². The first kappa shape index (κ1) is 8.98. The van der Waals surface area contributed by atoms with Crippen molar-refractivity contribution >= 4 is 31.9 Å². The molecule has 7 heteroatoms. The Balaban J connectivity index is 2.41. The van der Waals surface area contributed by atoms with Crippen molar-refractivity contribution in [3.8, 4) is 0 Å². The lowest BCUT2D eigenvalue weighted by Gasteiger charge is -2.15. The zero-order valence-electron chi connectivity index (χ0n) is 6.27. The molecule has 13 heavy (non-hydrogen) atoms.